The maximum absolute atomic E-state index is 13.0. The standard InChI is InChI=1S/C20H30N2O6S/c1-14(2)19(20(23)22(3)13-15-6-4-9-26-15)21-29(24,25)16-7-8-17-18(12-16)28-11-5-10-27-17/h7-8,12,14-15,19,21H,4-6,9-11,13H2,1-3H3. The number of nitrogens with one attached hydrogen (secondary N) is 1. The van der Waals surface area contributed by atoms with Crippen molar-refractivity contribution in [3.05, 3.63) is 18.2 Å². The molecule has 0 spiro atoms. The first-order chi connectivity index (χ1) is 13.8. The number of benzene rings is 1. The van der Waals surface area contributed by atoms with Gasteiger partial charge in [-0.2, -0.15) is 4.72 Å². The molecule has 2 unspecified atom stereocenters. The van der Waals surface area contributed by atoms with E-state index in [-0.39, 0.29) is 22.8 Å². The van der Waals surface area contributed by atoms with Crippen molar-refractivity contribution in [3.8, 4) is 11.5 Å². The number of rotatable bonds is 7. The lowest BCUT2D eigenvalue weighted by Crippen LogP contribution is -2.51. The maximum Gasteiger partial charge on any atom is 0.241 e. The molecule has 8 nitrogen and oxygen atoms in total. The normalized spacial score (nSPS) is 20.3. The lowest BCUT2D eigenvalue weighted by molar-refractivity contribution is -0.134. The van der Waals surface area contributed by atoms with Gasteiger partial charge in [0.25, 0.3) is 0 Å². The molecule has 0 radical (unpaired) electrons. The third-order valence-electron chi connectivity index (χ3n) is 5.12. The molecule has 1 N–H and O–H groups in total. The van der Waals surface area contributed by atoms with E-state index < -0.39 is 16.1 Å². The van der Waals surface area contributed by atoms with Crippen LogP contribution in [-0.4, -0.2) is 64.8 Å². The van der Waals surface area contributed by atoms with E-state index >= 15 is 0 Å². The van der Waals surface area contributed by atoms with Crippen LogP contribution < -0.4 is 14.2 Å². The fourth-order valence-electron chi connectivity index (χ4n) is 3.44. The molecule has 0 aliphatic carbocycles. The molecule has 2 atom stereocenters. The second-order valence-electron chi connectivity index (χ2n) is 7.86. The molecule has 1 saturated heterocycles. The van der Waals surface area contributed by atoms with Gasteiger partial charge in [0, 0.05) is 32.7 Å². The van der Waals surface area contributed by atoms with Gasteiger partial charge in [0.2, 0.25) is 15.9 Å². The van der Waals surface area contributed by atoms with Gasteiger partial charge < -0.3 is 19.1 Å². The summed E-state index contributed by atoms with van der Waals surface area (Å²) in [6, 6.07) is 3.63. The summed E-state index contributed by atoms with van der Waals surface area (Å²) in [5, 5.41) is 0. The van der Waals surface area contributed by atoms with Gasteiger partial charge in [0.15, 0.2) is 11.5 Å². The molecule has 1 aromatic carbocycles. The Balaban J connectivity index is 1.75. The average molecular weight is 427 g/mol. The minimum atomic E-state index is -3.92. The van der Waals surface area contributed by atoms with Crippen LogP contribution in [0.2, 0.25) is 0 Å². The quantitative estimate of drug-likeness (QED) is 0.714. The molecule has 1 fully saturated rings. The van der Waals surface area contributed by atoms with E-state index in [1.54, 1.807) is 18.0 Å². The third-order valence-corrected chi connectivity index (χ3v) is 6.56. The number of carbonyl (C=O) groups is 1. The molecule has 9 heteroatoms. The van der Waals surface area contributed by atoms with Crippen LogP contribution in [0.25, 0.3) is 0 Å². The summed E-state index contributed by atoms with van der Waals surface area (Å²) in [7, 11) is -2.24. The van der Waals surface area contributed by atoms with Crippen LogP contribution in [-0.2, 0) is 19.6 Å². The number of sulfonamides is 1. The van der Waals surface area contributed by atoms with Crippen LogP contribution in [0.4, 0.5) is 0 Å². The third kappa shape index (κ3) is 5.40. The monoisotopic (exact) mass is 426 g/mol. The number of amides is 1. The molecule has 0 bridgehead atoms. The Kier molecular flexibility index (Phi) is 7.02. The highest BCUT2D eigenvalue weighted by molar-refractivity contribution is 7.89. The van der Waals surface area contributed by atoms with Gasteiger partial charge in [-0.05, 0) is 30.9 Å². The molecule has 162 valence electrons. The molecule has 29 heavy (non-hydrogen) atoms. The van der Waals surface area contributed by atoms with Crippen LogP contribution in [0.15, 0.2) is 23.1 Å². The van der Waals surface area contributed by atoms with E-state index in [1.165, 1.54) is 12.1 Å². The summed E-state index contributed by atoms with van der Waals surface area (Å²) in [4.78, 5) is 14.6. The zero-order chi connectivity index (χ0) is 21.0. The topological polar surface area (TPSA) is 94.2 Å². The predicted octanol–water partition coefficient (Wildman–Crippen LogP) is 1.79. The van der Waals surface area contributed by atoms with E-state index in [4.69, 9.17) is 14.2 Å². The van der Waals surface area contributed by atoms with Crippen molar-refractivity contribution >= 4 is 15.9 Å². The number of hydrogen-bond acceptors (Lipinski definition) is 6. The molecule has 3 rings (SSSR count). The second kappa shape index (κ2) is 9.32. The van der Waals surface area contributed by atoms with Crippen molar-refractivity contribution in [1.29, 1.82) is 0 Å². The van der Waals surface area contributed by atoms with E-state index in [1.807, 2.05) is 13.8 Å². The van der Waals surface area contributed by atoms with Crippen LogP contribution in [0, 0.1) is 5.92 Å². The second-order valence-corrected chi connectivity index (χ2v) is 9.57. The molecular weight excluding hydrogens is 396 g/mol. The molecule has 0 aromatic heterocycles. The largest absolute Gasteiger partial charge is 0.490 e. The fraction of sp³-hybridized carbons (Fsp3) is 0.650. The number of fused-ring (bicyclic) bond motifs is 1. The minimum absolute atomic E-state index is 0.00935. The van der Waals surface area contributed by atoms with Gasteiger partial charge in [-0.1, -0.05) is 13.8 Å². The number of nitrogens with zero attached hydrogens (tertiary/aromatic N) is 1. The van der Waals surface area contributed by atoms with Crippen LogP contribution in [0.3, 0.4) is 0 Å². The van der Waals surface area contributed by atoms with Crippen molar-refractivity contribution in [2.75, 3.05) is 33.4 Å². The van der Waals surface area contributed by atoms with Crippen molar-refractivity contribution in [2.45, 2.75) is 50.2 Å². The predicted molar refractivity (Wildman–Crippen MR) is 108 cm³/mol. The molecule has 2 aliphatic heterocycles. The van der Waals surface area contributed by atoms with Crippen LogP contribution in [0.5, 0.6) is 11.5 Å². The Hall–Kier alpha value is -1.84. The van der Waals surface area contributed by atoms with E-state index in [2.05, 4.69) is 4.72 Å². The maximum atomic E-state index is 13.0. The fourth-order valence-corrected chi connectivity index (χ4v) is 4.79. The number of hydrogen-bond donors (Lipinski definition) is 1. The van der Waals surface area contributed by atoms with Gasteiger partial charge in [-0.3, -0.25) is 4.79 Å². The summed E-state index contributed by atoms with van der Waals surface area (Å²) in [6.45, 7) is 5.78. The van der Waals surface area contributed by atoms with Gasteiger partial charge >= 0.3 is 0 Å². The van der Waals surface area contributed by atoms with Gasteiger partial charge in [-0.25, -0.2) is 8.42 Å². The Labute approximate surface area is 172 Å². The Morgan fingerprint density at radius 1 is 1.17 bits per heavy atom. The molecule has 2 heterocycles. The summed E-state index contributed by atoms with van der Waals surface area (Å²) in [6.07, 6.45) is 2.63. The number of ether oxygens (including phenoxy) is 3. The van der Waals surface area contributed by atoms with E-state index in [0.717, 1.165) is 19.3 Å². The Morgan fingerprint density at radius 2 is 1.90 bits per heavy atom. The SMILES string of the molecule is CC(C)C(NS(=O)(=O)c1ccc2c(c1)OCCCO2)C(=O)N(C)CC1CCCO1. The van der Waals surface area contributed by atoms with Gasteiger partial charge in [0.1, 0.15) is 6.04 Å². The first-order valence-corrected chi connectivity index (χ1v) is 11.5. The van der Waals surface area contributed by atoms with Crippen molar-refractivity contribution in [1.82, 2.24) is 9.62 Å². The first-order valence-electron chi connectivity index (χ1n) is 10.1. The zero-order valence-electron chi connectivity index (χ0n) is 17.2. The van der Waals surface area contributed by atoms with Crippen molar-refractivity contribution in [2.24, 2.45) is 5.92 Å². The number of likely N-dealkylation sites (N-methyl/N-ethyl adjacent to an activating group) is 1. The lowest BCUT2D eigenvalue weighted by atomic mass is 10.0. The van der Waals surface area contributed by atoms with Gasteiger partial charge in [0.05, 0.1) is 24.2 Å². The van der Waals surface area contributed by atoms with Gasteiger partial charge in [-0.15, -0.1) is 0 Å². The molecule has 0 saturated carbocycles. The molecule has 1 amide bonds. The number of carbonyl (C=O) groups excluding carboxylic acids is 1. The first kappa shape index (κ1) is 21.9. The highest BCUT2D eigenvalue weighted by Crippen LogP contribution is 2.32. The van der Waals surface area contributed by atoms with Crippen LogP contribution >= 0.6 is 0 Å². The minimum Gasteiger partial charge on any atom is -0.490 e. The summed E-state index contributed by atoms with van der Waals surface area (Å²) in [5.74, 6) is 0.431. The van der Waals surface area contributed by atoms with E-state index in [9.17, 15) is 13.2 Å². The highest BCUT2D eigenvalue weighted by Gasteiger charge is 2.32. The smallest absolute Gasteiger partial charge is 0.241 e. The van der Waals surface area contributed by atoms with Crippen molar-refractivity contribution in [3.63, 3.8) is 0 Å². The van der Waals surface area contributed by atoms with Crippen molar-refractivity contribution < 1.29 is 27.4 Å². The molecular formula is C20H30N2O6S. The Bertz CT molecular complexity index is 820. The van der Waals surface area contributed by atoms with Crippen LogP contribution in [0.1, 0.15) is 33.1 Å². The summed E-state index contributed by atoms with van der Waals surface area (Å²) < 4.78 is 45.3. The zero-order valence-corrected chi connectivity index (χ0v) is 18.0. The molecule has 2 aliphatic rings. The average Bonchev–Trinajstić information content (AvgIpc) is 3.07. The highest BCUT2D eigenvalue weighted by atomic mass is 32.2. The van der Waals surface area contributed by atoms with E-state index in [0.29, 0.717) is 37.9 Å². The Morgan fingerprint density at radius 3 is 2.55 bits per heavy atom. The summed E-state index contributed by atoms with van der Waals surface area (Å²) >= 11 is 0. The lowest BCUT2D eigenvalue weighted by Gasteiger charge is -2.28. The molecule has 1 aromatic rings. The summed E-state index contributed by atoms with van der Waals surface area (Å²) in [5.41, 5.74) is 0.